The molecule has 1 rings (SSSR count). The molecule has 0 aliphatic heterocycles. The smallest absolute Gasteiger partial charge is 0.203 e. The van der Waals surface area contributed by atoms with Crippen LogP contribution in [0, 0.1) is 6.92 Å². The summed E-state index contributed by atoms with van der Waals surface area (Å²) in [4.78, 5) is 12.5. The normalized spacial score (nSPS) is 10.8. The van der Waals surface area contributed by atoms with Gasteiger partial charge in [0.15, 0.2) is 16.9 Å². The number of rotatable bonds is 14. The van der Waals surface area contributed by atoms with Gasteiger partial charge in [-0.05, 0) is 26.2 Å². The summed E-state index contributed by atoms with van der Waals surface area (Å²) in [5, 5.41) is 10.4. The van der Waals surface area contributed by atoms with Crippen LogP contribution in [0.4, 0.5) is 0 Å². The number of ether oxygens (including phenoxy) is 3. The van der Waals surface area contributed by atoms with Crippen LogP contribution in [0.2, 0.25) is 0 Å². The maximum Gasteiger partial charge on any atom is 0.203 e. The highest BCUT2D eigenvalue weighted by atomic mass is 16.5. The minimum absolute atomic E-state index is 0.0140. The quantitative estimate of drug-likeness (QED) is 0.471. The minimum atomic E-state index is -0.112. The summed E-state index contributed by atoms with van der Waals surface area (Å²) in [6.45, 7) is 2.63. The van der Waals surface area contributed by atoms with Crippen LogP contribution < -0.4 is 14.9 Å². The summed E-state index contributed by atoms with van der Waals surface area (Å²) in [6, 6.07) is 1.41. The van der Waals surface area contributed by atoms with Gasteiger partial charge in [0.1, 0.15) is 0 Å². The first-order valence-corrected chi connectivity index (χ1v) is 10.0. The Morgan fingerprint density at radius 2 is 1.41 bits per heavy atom. The van der Waals surface area contributed by atoms with Crippen molar-refractivity contribution in [3.05, 3.63) is 27.4 Å². The molecule has 0 aromatic heterocycles. The van der Waals surface area contributed by atoms with Crippen molar-refractivity contribution >= 4 is 0 Å². The zero-order chi connectivity index (χ0) is 20.1. The highest BCUT2D eigenvalue weighted by Gasteiger charge is 2.16. The van der Waals surface area contributed by atoms with Crippen LogP contribution >= 0.6 is 0 Å². The first-order valence-electron chi connectivity index (χ1n) is 10.0. The monoisotopic (exact) mass is 380 g/mol. The Bertz CT molecular complexity index is 613. The molecule has 1 N–H and O–H groups in total. The Kier molecular flexibility index (Phi) is 11.6. The molecule has 1 aromatic rings. The molecule has 0 bridgehead atoms. The van der Waals surface area contributed by atoms with Gasteiger partial charge in [-0.25, -0.2) is 0 Å². The third-order valence-electron chi connectivity index (χ3n) is 5.01. The fraction of sp³-hybridized carbons (Fsp3) is 0.682. The molecule has 0 saturated carbocycles. The lowest BCUT2D eigenvalue weighted by Crippen LogP contribution is -2.07. The molecular formula is C22H36O5. The summed E-state index contributed by atoms with van der Waals surface area (Å²) in [5.74, 6) is 0.462. The van der Waals surface area contributed by atoms with Crippen molar-refractivity contribution in [1.82, 2.24) is 0 Å². The van der Waals surface area contributed by atoms with E-state index in [-0.39, 0.29) is 22.7 Å². The van der Waals surface area contributed by atoms with Crippen LogP contribution in [0.5, 0.6) is 17.2 Å². The molecule has 5 nitrogen and oxygen atoms in total. The van der Waals surface area contributed by atoms with Gasteiger partial charge >= 0.3 is 0 Å². The van der Waals surface area contributed by atoms with Crippen LogP contribution in [0.25, 0.3) is 0 Å². The average Bonchev–Trinajstić information content (AvgIpc) is 2.75. The molecule has 0 unspecified atom stereocenters. The van der Waals surface area contributed by atoms with Crippen LogP contribution in [-0.4, -0.2) is 33.0 Å². The van der Waals surface area contributed by atoms with Crippen LogP contribution in [0.1, 0.15) is 68.9 Å². The van der Waals surface area contributed by atoms with Gasteiger partial charge in [0.2, 0.25) is 5.75 Å². The standard InChI is InChI=1S/C22H36O5/c1-17-18(19(23)16-20(26-3)22(27-4)21(17)24)14-12-10-8-6-5-7-9-11-13-15-25-2/h16,24H,5-15H2,1-4H3. The second-order valence-corrected chi connectivity index (χ2v) is 6.99. The number of hydrogen-bond acceptors (Lipinski definition) is 5. The second kappa shape index (κ2) is 13.4. The van der Waals surface area contributed by atoms with E-state index < -0.39 is 0 Å². The third-order valence-corrected chi connectivity index (χ3v) is 5.01. The molecule has 0 saturated heterocycles. The van der Waals surface area contributed by atoms with Crippen molar-refractivity contribution in [2.75, 3.05) is 27.9 Å². The maximum absolute atomic E-state index is 12.5. The van der Waals surface area contributed by atoms with E-state index in [0.717, 1.165) is 25.9 Å². The zero-order valence-corrected chi connectivity index (χ0v) is 17.4. The number of methoxy groups -OCH3 is 3. The lowest BCUT2D eigenvalue weighted by molar-refractivity contribution is 0.192. The molecule has 0 spiro atoms. The molecule has 0 amide bonds. The van der Waals surface area contributed by atoms with E-state index in [1.54, 1.807) is 14.0 Å². The van der Waals surface area contributed by atoms with Crippen molar-refractivity contribution in [2.24, 2.45) is 0 Å². The van der Waals surface area contributed by atoms with E-state index in [1.165, 1.54) is 58.8 Å². The first-order chi connectivity index (χ1) is 13.1. The lowest BCUT2D eigenvalue weighted by Gasteiger charge is -2.07. The summed E-state index contributed by atoms with van der Waals surface area (Å²) >= 11 is 0. The lowest BCUT2D eigenvalue weighted by atomic mass is 10.0. The Balaban J connectivity index is 2.44. The van der Waals surface area contributed by atoms with Gasteiger partial charge in [0.25, 0.3) is 0 Å². The highest BCUT2D eigenvalue weighted by molar-refractivity contribution is 5.55. The fourth-order valence-electron chi connectivity index (χ4n) is 3.33. The predicted molar refractivity (Wildman–Crippen MR) is 109 cm³/mol. The average molecular weight is 381 g/mol. The van der Waals surface area contributed by atoms with Crippen LogP contribution in [0.15, 0.2) is 10.9 Å². The molecule has 0 aliphatic carbocycles. The van der Waals surface area contributed by atoms with Gasteiger partial charge in [0.05, 0.1) is 14.2 Å². The van der Waals surface area contributed by atoms with Gasteiger partial charge in [-0.15, -0.1) is 0 Å². The number of unbranched alkanes of at least 4 members (excludes halogenated alkanes) is 8. The minimum Gasteiger partial charge on any atom is -0.504 e. The van der Waals surface area contributed by atoms with Crippen molar-refractivity contribution in [2.45, 2.75) is 71.1 Å². The van der Waals surface area contributed by atoms with E-state index in [1.807, 2.05) is 0 Å². The molecule has 5 heteroatoms. The maximum atomic E-state index is 12.5. The van der Waals surface area contributed by atoms with E-state index >= 15 is 0 Å². The molecule has 1 aromatic carbocycles. The number of aromatic hydroxyl groups is 1. The molecule has 0 heterocycles. The van der Waals surface area contributed by atoms with Crippen molar-refractivity contribution in [3.63, 3.8) is 0 Å². The summed E-state index contributed by atoms with van der Waals surface area (Å²) in [7, 11) is 4.67. The van der Waals surface area contributed by atoms with Gasteiger partial charge in [-0.3, -0.25) is 4.79 Å². The van der Waals surface area contributed by atoms with Crippen LogP contribution in [-0.2, 0) is 11.2 Å². The Hall–Kier alpha value is -1.75. The van der Waals surface area contributed by atoms with E-state index in [4.69, 9.17) is 14.2 Å². The molecule has 27 heavy (non-hydrogen) atoms. The Labute approximate surface area is 163 Å². The predicted octanol–water partition coefficient (Wildman–Crippen LogP) is 4.78. The van der Waals surface area contributed by atoms with Gasteiger partial charge < -0.3 is 19.3 Å². The number of hydrogen-bond donors (Lipinski definition) is 1. The van der Waals surface area contributed by atoms with Gasteiger partial charge in [-0.2, -0.15) is 0 Å². The van der Waals surface area contributed by atoms with Crippen molar-refractivity contribution in [1.29, 1.82) is 0 Å². The Morgan fingerprint density at radius 1 is 0.852 bits per heavy atom. The molecule has 0 atom stereocenters. The molecular weight excluding hydrogens is 344 g/mol. The third kappa shape index (κ3) is 7.79. The highest BCUT2D eigenvalue weighted by Crippen LogP contribution is 2.37. The molecule has 0 fully saturated rings. The van der Waals surface area contributed by atoms with E-state index in [2.05, 4.69) is 0 Å². The topological polar surface area (TPSA) is 65.0 Å². The first kappa shape index (κ1) is 23.3. The SMILES string of the molecule is COCCCCCCCCCCCc1c(C)c(O)c(OC)c(OC)cc1=O. The summed E-state index contributed by atoms with van der Waals surface area (Å²) in [6.07, 6.45) is 11.4. The van der Waals surface area contributed by atoms with Gasteiger partial charge in [-0.1, -0.05) is 44.9 Å². The largest absolute Gasteiger partial charge is 0.504 e. The van der Waals surface area contributed by atoms with Crippen LogP contribution in [0.3, 0.4) is 0 Å². The molecule has 0 aliphatic rings. The van der Waals surface area contributed by atoms with Gasteiger partial charge in [0, 0.05) is 30.9 Å². The van der Waals surface area contributed by atoms with Crippen molar-refractivity contribution < 1.29 is 19.3 Å². The van der Waals surface area contributed by atoms with E-state index in [9.17, 15) is 9.90 Å². The fourth-order valence-corrected chi connectivity index (χ4v) is 3.33. The zero-order valence-electron chi connectivity index (χ0n) is 17.4. The van der Waals surface area contributed by atoms with Crippen molar-refractivity contribution in [3.8, 4) is 17.2 Å². The Morgan fingerprint density at radius 3 is 1.93 bits per heavy atom. The second-order valence-electron chi connectivity index (χ2n) is 6.99. The van der Waals surface area contributed by atoms with E-state index in [0.29, 0.717) is 17.5 Å². The summed E-state index contributed by atoms with van der Waals surface area (Å²) in [5.41, 5.74) is 1.11. The molecule has 0 radical (unpaired) electrons. The summed E-state index contributed by atoms with van der Waals surface area (Å²) < 4.78 is 15.4. The molecule has 154 valence electrons.